The maximum Gasteiger partial charge on any atom is 0.271 e. The van der Waals surface area contributed by atoms with Crippen LogP contribution in [0, 0.1) is 10.1 Å². The minimum absolute atomic E-state index is 0.0933. The van der Waals surface area contributed by atoms with Crippen LogP contribution in [0.1, 0.15) is 11.1 Å². The number of rotatable bonds is 4. The normalized spacial score (nSPS) is 11.3. The van der Waals surface area contributed by atoms with Gasteiger partial charge in [0.2, 0.25) is 0 Å². The van der Waals surface area contributed by atoms with E-state index >= 15 is 0 Å². The number of H-pyrrole nitrogens is 1. The number of aromatic nitrogens is 2. The molecule has 4 aromatic rings. The molecule has 0 fully saturated rings. The monoisotopic (exact) mass is 335 g/mol. The smallest absolute Gasteiger partial charge is 0.271 e. The highest BCUT2D eigenvalue weighted by atomic mass is 16.6. The van der Waals surface area contributed by atoms with Crippen molar-refractivity contribution in [3.8, 4) is 5.75 Å². The van der Waals surface area contributed by atoms with Gasteiger partial charge in [0, 0.05) is 54.3 Å². The number of ether oxygens (including phenoxy) is 1. The number of nitro benzene ring substituents is 1. The zero-order valence-electron chi connectivity index (χ0n) is 13.9. The number of nitrogens with zero attached hydrogens (tertiary/aromatic N) is 2. The Morgan fingerprint density at radius 3 is 2.76 bits per heavy atom. The molecule has 0 aliphatic heterocycles. The first-order chi connectivity index (χ1) is 12.1. The van der Waals surface area contributed by atoms with Crippen LogP contribution >= 0.6 is 0 Å². The first kappa shape index (κ1) is 15.3. The summed E-state index contributed by atoms with van der Waals surface area (Å²) in [5, 5.41) is 13.1. The predicted octanol–water partition coefficient (Wildman–Crippen LogP) is 4.17. The average molecular weight is 335 g/mol. The molecule has 0 saturated carbocycles. The summed E-state index contributed by atoms with van der Waals surface area (Å²) in [4.78, 5) is 13.7. The topological polar surface area (TPSA) is 73.1 Å². The molecule has 2 aromatic heterocycles. The molecule has 1 N–H and O–H groups in total. The predicted molar refractivity (Wildman–Crippen MR) is 97.2 cm³/mol. The molecule has 2 aromatic carbocycles. The van der Waals surface area contributed by atoms with Crippen molar-refractivity contribution in [2.45, 2.75) is 6.42 Å². The molecule has 4 rings (SSSR count). The van der Waals surface area contributed by atoms with Crippen LogP contribution in [0.25, 0.3) is 21.8 Å². The lowest BCUT2D eigenvalue weighted by Crippen LogP contribution is -1.88. The molecule has 0 aliphatic rings. The highest BCUT2D eigenvalue weighted by Gasteiger charge is 2.13. The molecule has 0 bridgehead atoms. The van der Waals surface area contributed by atoms with E-state index in [1.807, 2.05) is 31.4 Å². The summed E-state index contributed by atoms with van der Waals surface area (Å²) in [5.74, 6) is 0.828. The van der Waals surface area contributed by atoms with Crippen molar-refractivity contribution in [1.29, 1.82) is 0 Å². The highest BCUT2D eigenvalue weighted by molar-refractivity contribution is 5.88. The number of benzene rings is 2. The molecule has 25 heavy (non-hydrogen) atoms. The number of non-ortho nitro benzene ring substituents is 1. The van der Waals surface area contributed by atoms with Crippen LogP contribution in [0.3, 0.4) is 0 Å². The van der Waals surface area contributed by atoms with Gasteiger partial charge in [-0.25, -0.2) is 0 Å². The van der Waals surface area contributed by atoms with Crippen LogP contribution in [0.2, 0.25) is 0 Å². The van der Waals surface area contributed by atoms with Crippen molar-refractivity contribution in [1.82, 2.24) is 9.55 Å². The molecule has 0 aliphatic carbocycles. The minimum atomic E-state index is -0.378. The second-order valence-electron chi connectivity index (χ2n) is 6.13. The Morgan fingerprint density at radius 2 is 2.00 bits per heavy atom. The fraction of sp³-hybridized carbons (Fsp3) is 0.158. The number of nitrogens with one attached hydrogen (secondary N) is 1. The molecule has 126 valence electrons. The maximum absolute atomic E-state index is 10.9. The molecule has 0 radical (unpaired) electrons. The summed E-state index contributed by atoms with van der Waals surface area (Å²) in [5.41, 5.74) is 4.32. The molecule has 0 saturated heterocycles. The number of hydrogen-bond acceptors (Lipinski definition) is 3. The lowest BCUT2D eigenvalue weighted by Gasteiger charge is -2.02. The van der Waals surface area contributed by atoms with Gasteiger partial charge in [-0.2, -0.15) is 0 Å². The largest absolute Gasteiger partial charge is 0.497 e. The minimum Gasteiger partial charge on any atom is -0.497 e. The van der Waals surface area contributed by atoms with Crippen molar-refractivity contribution in [2.24, 2.45) is 7.05 Å². The lowest BCUT2D eigenvalue weighted by atomic mass is 10.0. The van der Waals surface area contributed by atoms with Crippen molar-refractivity contribution in [3.05, 3.63) is 70.0 Å². The van der Waals surface area contributed by atoms with Crippen molar-refractivity contribution in [3.63, 3.8) is 0 Å². The van der Waals surface area contributed by atoms with Gasteiger partial charge in [-0.15, -0.1) is 0 Å². The molecule has 0 atom stereocenters. The third kappa shape index (κ3) is 2.52. The first-order valence-electron chi connectivity index (χ1n) is 7.93. The second-order valence-corrected chi connectivity index (χ2v) is 6.13. The van der Waals surface area contributed by atoms with Gasteiger partial charge >= 0.3 is 0 Å². The van der Waals surface area contributed by atoms with Crippen molar-refractivity contribution < 1.29 is 9.66 Å². The summed E-state index contributed by atoms with van der Waals surface area (Å²) in [7, 11) is 3.69. The van der Waals surface area contributed by atoms with E-state index in [0.717, 1.165) is 39.5 Å². The van der Waals surface area contributed by atoms with Crippen molar-refractivity contribution >= 4 is 27.5 Å². The quantitative estimate of drug-likeness (QED) is 0.449. The molecule has 6 heteroatoms. The Bertz CT molecular complexity index is 1110. The van der Waals surface area contributed by atoms with Gasteiger partial charge < -0.3 is 14.3 Å². The Labute approximate surface area is 143 Å². The number of aryl methyl sites for hydroxylation is 1. The average Bonchev–Trinajstić information content (AvgIpc) is 3.16. The SMILES string of the molecule is COc1ccc2c(c1)c(Cc1c[nH]c3cc([N+](=O)[O-])ccc13)cn2C. The third-order valence-corrected chi connectivity index (χ3v) is 4.62. The Hall–Kier alpha value is -3.28. The van der Waals surface area contributed by atoms with Crippen LogP contribution in [0.4, 0.5) is 5.69 Å². The van der Waals surface area contributed by atoms with Crippen LogP contribution in [0.5, 0.6) is 5.75 Å². The Morgan fingerprint density at radius 1 is 1.16 bits per heavy atom. The summed E-state index contributed by atoms with van der Waals surface area (Å²) in [6.45, 7) is 0. The molecular formula is C19H17N3O3. The van der Waals surface area contributed by atoms with E-state index in [1.54, 1.807) is 19.2 Å². The van der Waals surface area contributed by atoms with Gasteiger partial charge in [0.15, 0.2) is 0 Å². The second kappa shape index (κ2) is 5.66. The lowest BCUT2D eigenvalue weighted by molar-refractivity contribution is -0.384. The Kier molecular flexibility index (Phi) is 3.46. The van der Waals surface area contributed by atoms with Gasteiger partial charge in [-0.1, -0.05) is 0 Å². The Balaban J connectivity index is 1.79. The number of methoxy groups -OCH3 is 1. The van der Waals surface area contributed by atoms with Crippen LogP contribution in [0.15, 0.2) is 48.8 Å². The number of aromatic amines is 1. The third-order valence-electron chi connectivity index (χ3n) is 4.62. The van der Waals surface area contributed by atoms with Gasteiger partial charge in [-0.3, -0.25) is 10.1 Å². The van der Waals surface area contributed by atoms with Crippen LogP contribution in [-0.4, -0.2) is 21.6 Å². The van der Waals surface area contributed by atoms with Crippen LogP contribution < -0.4 is 4.74 Å². The van der Waals surface area contributed by atoms with Crippen molar-refractivity contribution in [2.75, 3.05) is 7.11 Å². The summed E-state index contributed by atoms with van der Waals surface area (Å²) in [6, 6.07) is 11.0. The number of fused-ring (bicyclic) bond motifs is 2. The van der Waals surface area contributed by atoms with Crippen LogP contribution in [-0.2, 0) is 13.5 Å². The van der Waals surface area contributed by atoms with Gasteiger partial charge in [0.1, 0.15) is 5.75 Å². The molecule has 0 spiro atoms. The number of nitro groups is 1. The molecule has 0 amide bonds. The summed E-state index contributed by atoms with van der Waals surface area (Å²) >= 11 is 0. The fourth-order valence-corrected chi connectivity index (χ4v) is 3.36. The van der Waals surface area contributed by atoms with Gasteiger partial charge in [-0.05, 0) is 35.4 Å². The molecule has 2 heterocycles. The van der Waals surface area contributed by atoms with Gasteiger partial charge in [0.05, 0.1) is 17.5 Å². The zero-order valence-corrected chi connectivity index (χ0v) is 13.9. The molecule has 6 nitrogen and oxygen atoms in total. The highest BCUT2D eigenvalue weighted by Crippen LogP contribution is 2.30. The first-order valence-corrected chi connectivity index (χ1v) is 7.93. The number of hydrogen-bond donors (Lipinski definition) is 1. The van der Waals surface area contributed by atoms with E-state index in [0.29, 0.717) is 0 Å². The molecular weight excluding hydrogens is 318 g/mol. The fourth-order valence-electron chi connectivity index (χ4n) is 3.36. The summed E-state index contributed by atoms with van der Waals surface area (Å²) < 4.78 is 7.45. The zero-order chi connectivity index (χ0) is 17.6. The standard InChI is InChI=1S/C19H17N3O3/c1-21-11-13(17-9-15(25-2)4-6-19(17)21)7-12-10-20-18-8-14(22(23)24)3-5-16(12)18/h3-6,8-11,20H,7H2,1-2H3. The van der Waals surface area contributed by atoms with E-state index in [2.05, 4.69) is 21.8 Å². The van der Waals surface area contributed by atoms with E-state index in [9.17, 15) is 10.1 Å². The maximum atomic E-state index is 10.9. The summed E-state index contributed by atoms with van der Waals surface area (Å²) in [6.07, 6.45) is 4.78. The van der Waals surface area contributed by atoms with Gasteiger partial charge in [0.25, 0.3) is 5.69 Å². The van der Waals surface area contributed by atoms with E-state index in [1.165, 1.54) is 5.56 Å². The van der Waals surface area contributed by atoms with E-state index in [-0.39, 0.29) is 10.6 Å². The van der Waals surface area contributed by atoms with E-state index < -0.39 is 0 Å². The van der Waals surface area contributed by atoms with E-state index in [4.69, 9.17) is 4.74 Å². The molecule has 0 unspecified atom stereocenters.